The second kappa shape index (κ2) is 1.15. The molecule has 0 spiro atoms. The third kappa shape index (κ3) is 0.320. The topological polar surface area (TPSA) is 28.9 Å². The molecule has 0 atom stereocenters. The van der Waals surface area contributed by atoms with Crippen LogP contribution in [0.5, 0.6) is 0 Å². The van der Waals surface area contributed by atoms with Crippen LogP contribution in [0, 0.1) is 0 Å². The van der Waals surface area contributed by atoms with Gasteiger partial charge in [0.1, 0.15) is 0 Å². The SMILES string of the molecule is c1cc2c[nH]oc-2c1. The van der Waals surface area contributed by atoms with Gasteiger partial charge in [0.15, 0.2) is 5.76 Å². The molecule has 2 rings (SSSR count). The maximum absolute atomic E-state index is 4.93. The molecule has 0 bridgehead atoms. The van der Waals surface area contributed by atoms with Crippen LogP contribution in [0.25, 0.3) is 11.3 Å². The van der Waals surface area contributed by atoms with Crippen LogP contribution in [0.4, 0.5) is 0 Å². The van der Waals surface area contributed by atoms with Gasteiger partial charge in [-0.15, -0.1) is 0 Å². The van der Waals surface area contributed by atoms with E-state index < -0.39 is 0 Å². The summed E-state index contributed by atoms with van der Waals surface area (Å²) >= 11 is 0. The minimum Gasteiger partial charge on any atom is -0.382 e. The zero-order valence-corrected chi connectivity index (χ0v) is 4.22. The summed E-state index contributed by atoms with van der Waals surface area (Å²) in [6, 6.07) is 5.88. The Hall–Kier alpha value is -1.18. The van der Waals surface area contributed by atoms with E-state index in [1.165, 1.54) is 0 Å². The zero-order valence-electron chi connectivity index (χ0n) is 4.22. The normalized spacial score (nSPS) is 10.5. The summed E-state index contributed by atoms with van der Waals surface area (Å²) in [4.78, 5) is 0. The van der Waals surface area contributed by atoms with Crippen molar-refractivity contribution in [2.75, 3.05) is 0 Å². The van der Waals surface area contributed by atoms with E-state index in [4.69, 9.17) is 4.52 Å². The number of rotatable bonds is 0. The lowest BCUT2D eigenvalue weighted by Gasteiger charge is -1.74. The molecule has 0 saturated heterocycles. The Morgan fingerprint density at radius 1 is 1.38 bits per heavy atom. The molecule has 8 heavy (non-hydrogen) atoms. The Kier molecular flexibility index (Phi) is 0.545. The molecular weight excluding hydrogens is 102 g/mol. The van der Waals surface area contributed by atoms with Gasteiger partial charge in [0.25, 0.3) is 0 Å². The predicted octanol–water partition coefficient (Wildman–Crippen LogP) is 1.71. The van der Waals surface area contributed by atoms with Gasteiger partial charge in [0, 0.05) is 11.8 Å². The van der Waals surface area contributed by atoms with Gasteiger partial charge in [-0.25, -0.2) is 5.16 Å². The van der Waals surface area contributed by atoms with E-state index in [0.717, 1.165) is 11.3 Å². The van der Waals surface area contributed by atoms with Gasteiger partial charge >= 0.3 is 0 Å². The highest BCUT2D eigenvalue weighted by Gasteiger charge is 2.01. The monoisotopic (exact) mass is 107 g/mol. The van der Waals surface area contributed by atoms with E-state index in [0.29, 0.717) is 0 Å². The fourth-order valence-corrected chi connectivity index (χ4v) is 0.786. The van der Waals surface area contributed by atoms with Crippen molar-refractivity contribution < 1.29 is 4.52 Å². The van der Waals surface area contributed by atoms with E-state index in [-0.39, 0.29) is 0 Å². The molecule has 1 N–H and O–H groups in total. The third-order valence-electron chi connectivity index (χ3n) is 1.19. The molecule has 0 unspecified atom stereocenters. The van der Waals surface area contributed by atoms with Gasteiger partial charge in [0.05, 0.1) is 0 Å². The van der Waals surface area contributed by atoms with Gasteiger partial charge in [0.2, 0.25) is 0 Å². The van der Waals surface area contributed by atoms with Crippen LogP contribution in [0.1, 0.15) is 0 Å². The number of nitrogens with one attached hydrogen (secondary N) is 1. The Bertz CT molecular complexity index is 200. The molecule has 0 amide bonds. The van der Waals surface area contributed by atoms with Crippen molar-refractivity contribution >= 4 is 0 Å². The molecule has 0 saturated carbocycles. The Morgan fingerprint density at radius 3 is 3.25 bits per heavy atom. The van der Waals surface area contributed by atoms with Crippen molar-refractivity contribution in [3.05, 3.63) is 24.4 Å². The minimum atomic E-state index is 0.921. The molecule has 0 aromatic carbocycles. The minimum absolute atomic E-state index is 0.921. The average Bonchev–Trinajstić information content (AvgIpc) is 2.15. The summed E-state index contributed by atoms with van der Waals surface area (Å²) < 4.78 is 4.93. The van der Waals surface area contributed by atoms with Crippen LogP contribution in [0.3, 0.4) is 0 Å². The highest BCUT2D eigenvalue weighted by molar-refractivity contribution is 5.58. The lowest BCUT2D eigenvalue weighted by molar-refractivity contribution is 0.434. The molecule has 0 radical (unpaired) electrons. The zero-order chi connectivity index (χ0) is 5.40. The van der Waals surface area contributed by atoms with Crippen molar-refractivity contribution in [2.45, 2.75) is 0 Å². The van der Waals surface area contributed by atoms with E-state index in [1.807, 2.05) is 24.4 Å². The summed E-state index contributed by atoms with van der Waals surface area (Å²) in [7, 11) is 0. The molecule has 2 heteroatoms. The first-order valence-electron chi connectivity index (χ1n) is 2.48. The first-order valence-corrected chi connectivity index (χ1v) is 2.48. The standard InChI is InChI=1S/C6H5NO/c1-2-5-4-7-8-6(5)3-1/h1-4,7H. The van der Waals surface area contributed by atoms with Gasteiger partial charge in [-0.3, -0.25) is 0 Å². The molecule has 0 fully saturated rings. The smallest absolute Gasteiger partial charge is 0.163 e. The van der Waals surface area contributed by atoms with Gasteiger partial charge in [-0.2, -0.15) is 0 Å². The fourth-order valence-electron chi connectivity index (χ4n) is 0.786. The highest BCUT2D eigenvalue weighted by Crippen LogP contribution is 2.20. The Balaban J connectivity index is 2.84. The van der Waals surface area contributed by atoms with Crippen LogP contribution in [0.15, 0.2) is 28.9 Å². The molecule has 1 aliphatic heterocycles. The Labute approximate surface area is 46.4 Å². The number of hydrogen-bond acceptors (Lipinski definition) is 1. The number of fused-ring (bicyclic) bond motifs is 1. The molecule has 1 aliphatic carbocycles. The van der Waals surface area contributed by atoms with Crippen molar-refractivity contribution in [1.82, 2.24) is 5.16 Å². The maximum atomic E-state index is 4.93. The molecule has 0 aromatic rings. The quantitative estimate of drug-likeness (QED) is 0.545. The highest BCUT2D eigenvalue weighted by atomic mass is 16.5. The Morgan fingerprint density at radius 2 is 2.38 bits per heavy atom. The van der Waals surface area contributed by atoms with Crippen LogP contribution < -0.4 is 0 Å². The molecular formula is C6H5NO. The van der Waals surface area contributed by atoms with E-state index >= 15 is 0 Å². The lowest BCUT2D eigenvalue weighted by atomic mass is 10.3. The lowest BCUT2D eigenvalue weighted by Crippen LogP contribution is -1.52. The summed E-state index contributed by atoms with van der Waals surface area (Å²) in [5.41, 5.74) is 1.13. The number of aromatic amines is 1. The van der Waals surface area contributed by atoms with Crippen molar-refractivity contribution in [3.63, 3.8) is 0 Å². The van der Waals surface area contributed by atoms with Crippen LogP contribution >= 0.6 is 0 Å². The largest absolute Gasteiger partial charge is 0.382 e. The van der Waals surface area contributed by atoms with Crippen LogP contribution in [-0.4, -0.2) is 5.16 Å². The van der Waals surface area contributed by atoms with E-state index in [2.05, 4.69) is 5.16 Å². The second-order valence-corrected chi connectivity index (χ2v) is 1.71. The third-order valence-corrected chi connectivity index (χ3v) is 1.19. The summed E-state index contributed by atoms with van der Waals surface area (Å²) in [6.07, 6.45) is 1.83. The number of aromatic nitrogens is 1. The second-order valence-electron chi connectivity index (χ2n) is 1.71. The first-order chi connectivity index (χ1) is 3.97. The average molecular weight is 107 g/mol. The number of hydrogen-bond donors (Lipinski definition) is 1. The maximum Gasteiger partial charge on any atom is 0.163 e. The van der Waals surface area contributed by atoms with E-state index in [1.54, 1.807) is 0 Å². The molecule has 40 valence electrons. The first kappa shape index (κ1) is 3.78. The van der Waals surface area contributed by atoms with Crippen LogP contribution in [0.2, 0.25) is 0 Å². The van der Waals surface area contributed by atoms with Crippen LogP contribution in [-0.2, 0) is 0 Å². The van der Waals surface area contributed by atoms with Gasteiger partial charge in [-0.05, 0) is 12.1 Å². The van der Waals surface area contributed by atoms with Crippen molar-refractivity contribution in [1.29, 1.82) is 0 Å². The van der Waals surface area contributed by atoms with E-state index in [9.17, 15) is 0 Å². The molecule has 1 heterocycles. The summed E-state index contributed by atoms with van der Waals surface area (Å²) in [5.74, 6) is 0.921. The summed E-state index contributed by atoms with van der Waals surface area (Å²) in [5, 5.41) is 2.64. The summed E-state index contributed by atoms with van der Waals surface area (Å²) in [6.45, 7) is 0. The molecule has 2 nitrogen and oxygen atoms in total. The van der Waals surface area contributed by atoms with Crippen molar-refractivity contribution in [2.24, 2.45) is 0 Å². The molecule has 0 aromatic heterocycles. The fraction of sp³-hybridized carbons (Fsp3) is 0. The van der Waals surface area contributed by atoms with Crippen molar-refractivity contribution in [3.8, 4) is 11.3 Å². The predicted molar refractivity (Wildman–Crippen MR) is 29.7 cm³/mol. The van der Waals surface area contributed by atoms with Gasteiger partial charge < -0.3 is 4.52 Å². The number of H-pyrrole nitrogens is 1. The molecule has 2 aliphatic rings. The van der Waals surface area contributed by atoms with Gasteiger partial charge in [-0.1, -0.05) is 6.07 Å².